The standard InChI is InChI=1S/C20H22N2O2S/c23-19(18-10-4-12-25-18)15-7-3-11-22(13-15)20(24)21-17-9-2-6-14-5-1-8-16(14)17/h2,4,6,9-10,12,15H,1,3,5,7-8,11,13H2,(H,21,24)/t15-/m0/s1. The van der Waals surface area contributed by atoms with Crippen LogP contribution in [0.5, 0.6) is 0 Å². The number of aryl methyl sites for hydroxylation is 1. The van der Waals surface area contributed by atoms with Gasteiger partial charge >= 0.3 is 6.03 Å². The first-order chi connectivity index (χ1) is 12.2. The maximum absolute atomic E-state index is 12.7. The number of carbonyl (C=O) groups is 2. The van der Waals surface area contributed by atoms with E-state index in [1.165, 1.54) is 22.5 Å². The average molecular weight is 354 g/mol. The summed E-state index contributed by atoms with van der Waals surface area (Å²) in [4.78, 5) is 27.9. The molecule has 1 aromatic carbocycles. The van der Waals surface area contributed by atoms with Crippen LogP contribution in [-0.4, -0.2) is 29.8 Å². The van der Waals surface area contributed by atoms with E-state index in [0.29, 0.717) is 6.54 Å². The van der Waals surface area contributed by atoms with Crippen molar-refractivity contribution in [3.8, 4) is 0 Å². The molecular weight excluding hydrogens is 332 g/mol. The van der Waals surface area contributed by atoms with E-state index in [-0.39, 0.29) is 17.7 Å². The smallest absolute Gasteiger partial charge is 0.321 e. The van der Waals surface area contributed by atoms with E-state index in [9.17, 15) is 9.59 Å². The molecule has 2 aliphatic rings. The molecule has 4 rings (SSSR count). The van der Waals surface area contributed by atoms with E-state index in [0.717, 1.165) is 49.2 Å². The number of anilines is 1. The predicted molar refractivity (Wildman–Crippen MR) is 100 cm³/mol. The maximum atomic E-state index is 12.7. The summed E-state index contributed by atoms with van der Waals surface area (Å²) < 4.78 is 0. The Labute approximate surface area is 151 Å². The third-order valence-corrected chi connectivity index (χ3v) is 6.12. The van der Waals surface area contributed by atoms with Crippen LogP contribution in [0.3, 0.4) is 0 Å². The Morgan fingerprint density at radius 1 is 1.12 bits per heavy atom. The van der Waals surface area contributed by atoms with E-state index in [4.69, 9.17) is 0 Å². The summed E-state index contributed by atoms with van der Waals surface area (Å²) in [7, 11) is 0. The van der Waals surface area contributed by atoms with Crippen LogP contribution in [0.4, 0.5) is 10.5 Å². The van der Waals surface area contributed by atoms with Crippen LogP contribution in [-0.2, 0) is 12.8 Å². The van der Waals surface area contributed by atoms with Crippen molar-refractivity contribution in [2.24, 2.45) is 5.92 Å². The van der Waals surface area contributed by atoms with E-state index in [2.05, 4.69) is 11.4 Å². The monoisotopic (exact) mass is 354 g/mol. The third-order valence-electron chi connectivity index (χ3n) is 5.23. The molecule has 0 bridgehead atoms. The van der Waals surface area contributed by atoms with E-state index >= 15 is 0 Å². The van der Waals surface area contributed by atoms with Crippen LogP contribution in [0.25, 0.3) is 0 Å². The SMILES string of the molecule is O=C(c1cccs1)[C@H]1CCCN(C(=O)Nc2cccc3c2CCC3)C1. The summed E-state index contributed by atoms with van der Waals surface area (Å²) in [6, 6.07) is 9.85. The Kier molecular flexibility index (Phi) is 4.57. The molecule has 4 nitrogen and oxygen atoms in total. The maximum Gasteiger partial charge on any atom is 0.321 e. The van der Waals surface area contributed by atoms with Gasteiger partial charge in [-0.3, -0.25) is 4.79 Å². The van der Waals surface area contributed by atoms with Crippen LogP contribution < -0.4 is 5.32 Å². The van der Waals surface area contributed by atoms with Crippen molar-refractivity contribution in [1.82, 2.24) is 4.90 Å². The number of ketones is 1. The van der Waals surface area contributed by atoms with Crippen molar-refractivity contribution in [3.63, 3.8) is 0 Å². The second kappa shape index (κ2) is 7.00. The molecule has 0 unspecified atom stereocenters. The fourth-order valence-electron chi connectivity index (χ4n) is 3.93. The van der Waals surface area contributed by atoms with Crippen molar-refractivity contribution < 1.29 is 9.59 Å². The highest BCUT2D eigenvalue weighted by Crippen LogP contribution is 2.29. The highest BCUT2D eigenvalue weighted by molar-refractivity contribution is 7.12. The van der Waals surface area contributed by atoms with E-state index < -0.39 is 0 Å². The minimum atomic E-state index is -0.0837. The number of carbonyl (C=O) groups excluding carboxylic acids is 2. The molecule has 0 spiro atoms. The van der Waals surface area contributed by atoms with Crippen molar-refractivity contribution in [3.05, 3.63) is 51.7 Å². The second-order valence-corrected chi connectivity index (χ2v) is 7.80. The molecule has 130 valence electrons. The summed E-state index contributed by atoms with van der Waals surface area (Å²) in [5, 5.41) is 5.01. The van der Waals surface area contributed by atoms with Crippen LogP contribution in [0.15, 0.2) is 35.7 Å². The average Bonchev–Trinajstić information content (AvgIpc) is 3.33. The Bertz CT molecular complexity index is 785. The zero-order valence-corrected chi connectivity index (χ0v) is 15.0. The molecule has 1 atom stereocenters. The predicted octanol–water partition coefficient (Wildman–Crippen LogP) is 4.36. The molecule has 0 saturated carbocycles. The van der Waals surface area contributed by atoms with E-state index in [1.54, 1.807) is 4.90 Å². The highest BCUT2D eigenvalue weighted by atomic mass is 32.1. The molecule has 1 aliphatic heterocycles. The van der Waals surface area contributed by atoms with Gasteiger partial charge in [-0.15, -0.1) is 11.3 Å². The van der Waals surface area contributed by atoms with Gasteiger partial charge in [0.15, 0.2) is 5.78 Å². The lowest BCUT2D eigenvalue weighted by molar-refractivity contribution is 0.0856. The Balaban J connectivity index is 1.44. The summed E-state index contributed by atoms with van der Waals surface area (Å²) in [5.74, 6) is 0.0905. The number of benzene rings is 1. The zero-order chi connectivity index (χ0) is 17.2. The van der Waals surface area contributed by atoms with Gasteiger partial charge in [0.1, 0.15) is 0 Å². The Morgan fingerprint density at radius 3 is 2.88 bits per heavy atom. The molecule has 2 heterocycles. The minimum absolute atomic E-state index is 0.0796. The number of urea groups is 1. The summed E-state index contributed by atoms with van der Waals surface area (Å²) in [6.07, 6.45) is 5.03. The number of likely N-dealkylation sites (tertiary alicyclic amines) is 1. The van der Waals surface area contributed by atoms with Gasteiger partial charge in [-0.1, -0.05) is 18.2 Å². The lowest BCUT2D eigenvalue weighted by Crippen LogP contribution is -2.44. The van der Waals surface area contributed by atoms with Crippen molar-refractivity contribution in [2.75, 3.05) is 18.4 Å². The van der Waals surface area contributed by atoms with Crippen LogP contribution in [0, 0.1) is 5.92 Å². The third kappa shape index (κ3) is 3.33. The van der Waals surface area contributed by atoms with Crippen LogP contribution in [0.2, 0.25) is 0 Å². The van der Waals surface area contributed by atoms with Gasteiger partial charge in [0.25, 0.3) is 0 Å². The van der Waals surface area contributed by atoms with Gasteiger partial charge in [0.2, 0.25) is 0 Å². The summed E-state index contributed by atoms with van der Waals surface area (Å²) >= 11 is 1.48. The fraction of sp³-hybridized carbons (Fsp3) is 0.400. The molecular formula is C20H22N2O2S. The number of fused-ring (bicyclic) bond motifs is 1. The topological polar surface area (TPSA) is 49.4 Å². The Morgan fingerprint density at radius 2 is 2.04 bits per heavy atom. The Hall–Kier alpha value is -2.14. The van der Waals surface area contributed by atoms with Crippen molar-refractivity contribution >= 4 is 28.8 Å². The summed E-state index contributed by atoms with van der Waals surface area (Å²) in [6.45, 7) is 1.23. The lowest BCUT2D eigenvalue weighted by atomic mass is 9.93. The summed E-state index contributed by atoms with van der Waals surface area (Å²) in [5.41, 5.74) is 3.56. The number of rotatable bonds is 3. The highest BCUT2D eigenvalue weighted by Gasteiger charge is 2.30. The van der Waals surface area contributed by atoms with Crippen LogP contribution in [0.1, 0.15) is 40.1 Å². The largest absolute Gasteiger partial charge is 0.324 e. The number of nitrogens with one attached hydrogen (secondary N) is 1. The van der Waals surface area contributed by atoms with Gasteiger partial charge < -0.3 is 10.2 Å². The minimum Gasteiger partial charge on any atom is -0.324 e. The quantitative estimate of drug-likeness (QED) is 0.833. The molecule has 0 radical (unpaired) electrons. The van der Waals surface area contributed by atoms with Gasteiger partial charge in [-0.25, -0.2) is 4.79 Å². The number of piperidine rings is 1. The lowest BCUT2D eigenvalue weighted by Gasteiger charge is -2.32. The second-order valence-electron chi connectivity index (χ2n) is 6.85. The first-order valence-corrected chi connectivity index (χ1v) is 9.85. The molecule has 1 aromatic heterocycles. The molecule has 1 fully saturated rings. The van der Waals surface area contributed by atoms with Gasteiger partial charge in [0, 0.05) is 24.7 Å². The number of amides is 2. The first kappa shape index (κ1) is 16.3. The number of hydrogen-bond donors (Lipinski definition) is 1. The van der Waals surface area contributed by atoms with Gasteiger partial charge in [-0.05, 0) is 60.7 Å². The van der Waals surface area contributed by atoms with Gasteiger partial charge in [-0.2, -0.15) is 0 Å². The van der Waals surface area contributed by atoms with E-state index in [1.807, 2.05) is 29.6 Å². The fourth-order valence-corrected chi connectivity index (χ4v) is 4.67. The first-order valence-electron chi connectivity index (χ1n) is 8.97. The molecule has 2 amide bonds. The molecule has 1 N–H and O–H groups in total. The molecule has 2 aromatic rings. The molecule has 25 heavy (non-hydrogen) atoms. The number of Topliss-reactive ketones (excluding diaryl/α,β-unsaturated/α-hetero) is 1. The van der Waals surface area contributed by atoms with Crippen molar-refractivity contribution in [1.29, 1.82) is 0 Å². The number of thiophene rings is 1. The van der Waals surface area contributed by atoms with Crippen molar-refractivity contribution in [2.45, 2.75) is 32.1 Å². The molecule has 5 heteroatoms. The normalized spacial score (nSPS) is 19.5. The number of nitrogens with zero attached hydrogens (tertiary/aromatic N) is 1. The number of hydrogen-bond acceptors (Lipinski definition) is 3. The zero-order valence-electron chi connectivity index (χ0n) is 14.2. The van der Waals surface area contributed by atoms with Gasteiger partial charge in [0.05, 0.1) is 4.88 Å². The van der Waals surface area contributed by atoms with Crippen LogP contribution >= 0.6 is 11.3 Å². The molecule has 1 saturated heterocycles. The molecule has 1 aliphatic carbocycles.